The first-order valence-corrected chi connectivity index (χ1v) is 10.7. The second-order valence-corrected chi connectivity index (χ2v) is 8.76. The summed E-state index contributed by atoms with van der Waals surface area (Å²) in [6.45, 7) is 2.97. The molecule has 0 amide bonds. The van der Waals surface area contributed by atoms with E-state index in [0.29, 0.717) is 19.1 Å². The van der Waals surface area contributed by atoms with Gasteiger partial charge in [0.1, 0.15) is 11.1 Å². The number of hydrogen-bond donors (Lipinski definition) is 0. The molecule has 2 aromatic rings. The van der Waals surface area contributed by atoms with Gasteiger partial charge < -0.3 is 4.74 Å². The summed E-state index contributed by atoms with van der Waals surface area (Å²) in [5.41, 5.74) is 1.23. The Morgan fingerprint density at radius 1 is 1.33 bits per heavy atom. The lowest BCUT2D eigenvalue weighted by Gasteiger charge is -2.30. The van der Waals surface area contributed by atoms with Crippen LogP contribution in [0.4, 0.5) is 0 Å². The van der Waals surface area contributed by atoms with Crippen molar-refractivity contribution in [2.24, 2.45) is 0 Å². The van der Waals surface area contributed by atoms with Crippen LogP contribution >= 0.6 is 24.0 Å². The standard InChI is InChI=1S/C19H24N4O2S2/c1-25-18(24)16-12-21(9-10-27-16)13-23-19(26)22(17(20-23)15-7-8-15)11-14-5-3-2-4-6-14/h2-6,15-16H,7-13H2,1H3/t16-/m1/s1. The maximum atomic E-state index is 11.9. The van der Waals surface area contributed by atoms with Gasteiger partial charge in [-0.1, -0.05) is 30.3 Å². The molecule has 144 valence electrons. The third kappa shape index (κ3) is 4.28. The molecule has 0 bridgehead atoms. The molecule has 1 saturated heterocycles. The normalized spacial score (nSPS) is 20.6. The fraction of sp³-hybridized carbons (Fsp3) is 0.526. The second-order valence-electron chi connectivity index (χ2n) is 7.09. The molecular formula is C19H24N4O2S2. The Hall–Kier alpha value is -1.64. The first kappa shape index (κ1) is 18.7. The van der Waals surface area contributed by atoms with E-state index in [9.17, 15) is 4.79 Å². The highest BCUT2D eigenvalue weighted by molar-refractivity contribution is 8.00. The predicted molar refractivity (Wildman–Crippen MR) is 108 cm³/mol. The van der Waals surface area contributed by atoms with Gasteiger partial charge in [0.25, 0.3) is 0 Å². The van der Waals surface area contributed by atoms with Crippen molar-refractivity contribution in [2.75, 3.05) is 26.0 Å². The highest BCUT2D eigenvalue weighted by Crippen LogP contribution is 2.39. The van der Waals surface area contributed by atoms with Gasteiger partial charge in [-0.3, -0.25) is 14.3 Å². The van der Waals surface area contributed by atoms with Crippen LogP contribution in [0.25, 0.3) is 0 Å². The Bertz CT molecular complexity index is 860. The monoisotopic (exact) mass is 404 g/mol. The van der Waals surface area contributed by atoms with Crippen LogP contribution in [0.15, 0.2) is 30.3 Å². The summed E-state index contributed by atoms with van der Waals surface area (Å²) < 4.78 is 9.77. The number of carbonyl (C=O) groups is 1. The number of aromatic nitrogens is 3. The van der Waals surface area contributed by atoms with Gasteiger partial charge in [0, 0.05) is 24.8 Å². The summed E-state index contributed by atoms with van der Waals surface area (Å²) in [6.07, 6.45) is 2.37. The van der Waals surface area contributed by atoms with E-state index < -0.39 is 0 Å². The molecule has 0 N–H and O–H groups in total. The van der Waals surface area contributed by atoms with Crippen molar-refractivity contribution >= 4 is 29.9 Å². The van der Waals surface area contributed by atoms with Gasteiger partial charge in [-0.25, -0.2) is 4.68 Å². The molecular weight excluding hydrogens is 380 g/mol. The van der Waals surface area contributed by atoms with Gasteiger partial charge in [0.05, 0.1) is 20.3 Å². The molecule has 0 spiro atoms. The summed E-state index contributed by atoms with van der Waals surface area (Å²) >= 11 is 7.43. The van der Waals surface area contributed by atoms with Crippen LogP contribution in [-0.2, 0) is 22.7 Å². The molecule has 2 fully saturated rings. The van der Waals surface area contributed by atoms with Gasteiger partial charge >= 0.3 is 5.97 Å². The van der Waals surface area contributed by atoms with E-state index in [4.69, 9.17) is 22.1 Å². The maximum Gasteiger partial charge on any atom is 0.320 e. The van der Waals surface area contributed by atoms with E-state index in [1.54, 1.807) is 11.8 Å². The van der Waals surface area contributed by atoms with Crippen molar-refractivity contribution in [2.45, 2.75) is 37.2 Å². The molecule has 2 heterocycles. The average molecular weight is 405 g/mol. The summed E-state index contributed by atoms with van der Waals surface area (Å²) in [5.74, 6) is 2.38. The Morgan fingerprint density at radius 2 is 2.11 bits per heavy atom. The van der Waals surface area contributed by atoms with Crippen LogP contribution in [0.1, 0.15) is 30.1 Å². The minimum absolute atomic E-state index is 0.132. The number of ether oxygens (including phenoxy) is 1. The van der Waals surface area contributed by atoms with Gasteiger partial charge in [-0.2, -0.15) is 5.10 Å². The molecule has 0 unspecified atom stereocenters. The van der Waals surface area contributed by atoms with Crippen LogP contribution < -0.4 is 0 Å². The molecule has 1 saturated carbocycles. The summed E-state index contributed by atoms with van der Waals surface area (Å²) in [4.78, 5) is 14.1. The minimum atomic E-state index is -0.151. The molecule has 2 aliphatic rings. The zero-order chi connectivity index (χ0) is 18.8. The molecule has 1 aromatic carbocycles. The lowest BCUT2D eigenvalue weighted by molar-refractivity contribution is -0.140. The van der Waals surface area contributed by atoms with Crippen molar-refractivity contribution in [1.82, 2.24) is 19.2 Å². The summed E-state index contributed by atoms with van der Waals surface area (Å²) in [7, 11) is 1.45. The fourth-order valence-electron chi connectivity index (χ4n) is 3.40. The lowest BCUT2D eigenvalue weighted by Crippen LogP contribution is -2.42. The number of thioether (sulfide) groups is 1. The van der Waals surface area contributed by atoms with Gasteiger partial charge in [-0.15, -0.1) is 11.8 Å². The Kier molecular flexibility index (Phi) is 5.66. The number of esters is 1. The van der Waals surface area contributed by atoms with Crippen molar-refractivity contribution in [3.8, 4) is 0 Å². The van der Waals surface area contributed by atoms with Crippen molar-refractivity contribution < 1.29 is 9.53 Å². The Balaban J connectivity index is 1.54. The molecule has 1 atom stereocenters. The third-order valence-corrected chi connectivity index (χ3v) is 6.62. The van der Waals surface area contributed by atoms with Gasteiger partial charge in [0.15, 0.2) is 4.77 Å². The molecule has 0 radical (unpaired) electrons. The number of carbonyl (C=O) groups excluding carboxylic acids is 1. The van der Waals surface area contributed by atoms with Crippen LogP contribution in [0.2, 0.25) is 0 Å². The summed E-state index contributed by atoms with van der Waals surface area (Å²) in [5, 5.41) is 4.73. The van der Waals surface area contributed by atoms with Crippen molar-refractivity contribution in [3.05, 3.63) is 46.5 Å². The van der Waals surface area contributed by atoms with E-state index >= 15 is 0 Å². The molecule has 4 rings (SSSR count). The minimum Gasteiger partial charge on any atom is -0.468 e. The van der Waals surface area contributed by atoms with Gasteiger partial charge in [-0.05, 0) is 30.6 Å². The topological polar surface area (TPSA) is 52.3 Å². The van der Waals surface area contributed by atoms with Crippen LogP contribution in [0.5, 0.6) is 0 Å². The molecule has 1 aliphatic carbocycles. The Morgan fingerprint density at radius 3 is 2.81 bits per heavy atom. The van der Waals surface area contributed by atoms with E-state index in [0.717, 1.165) is 29.4 Å². The number of methoxy groups -OCH3 is 1. The van der Waals surface area contributed by atoms with E-state index in [2.05, 4.69) is 33.7 Å². The SMILES string of the molecule is COC(=O)[C@H]1CN(Cn2nc(C3CC3)n(Cc3ccccc3)c2=S)CCS1. The number of rotatable bonds is 6. The maximum absolute atomic E-state index is 11.9. The zero-order valence-electron chi connectivity index (χ0n) is 15.4. The second kappa shape index (κ2) is 8.16. The van der Waals surface area contributed by atoms with Crippen LogP contribution in [0.3, 0.4) is 0 Å². The van der Waals surface area contributed by atoms with Crippen LogP contribution in [-0.4, -0.2) is 56.4 Å². The zero-order valence-corrected chi connectivity index (χ0v) is 17.0. The first-order valence-electron chi connectivity index (χ1n) is 9.29. The average Bonchev–Trinajstić information content (AvgIpc) is 3.50. The van der Waals surface area contributed by atoms with Crippen molar-refractivity contribution in [1.29, 1.82) is 0 Å². The quantitative estimate of drug-likeness (QED) is 0.545. The van der Waals surface area contributed by atoms with E-state index in [1.165, 1.54) is 25.5 Å². The Labute approximate surface area is 168 Å². The molecule has 6 nitrogen and oxygen atoms in total. The smallest absolute Gasteiger partial charge is 0.320 e. The summed E-state index contributed by atoms with van der Waals surface area (Å²) in [6, 6.07) is 10.4. The number of benzene rings is 1. The molecule has 1 aromatic heterocycles. The molecule has 8 heteroatoms. The highest BCUT2D eigenvalue weighted by atomic mass is 32.2. The largest absolute Gasteiger partial charge is 0.468 e. The van der Waals surface area contributed by atoms with E-state index in [1.807, 2.05) is 10.7 Å². The predicted octanol–water partition coefficient (Wildman–Crippen LogP) is 2.89. The van der Waals surface area contributed by atoms with Crippen LogP contribution in [0, 0.1) is 4.77 Å². The number of hydrogen-bond acceptors (Lipinski definition) is 6. The highest BCUT2D eigenvalue weighted by Gasteiger charge is 2.31. The van der Waals surface area contributed by atoms with Gasteiger partial charge in [0.2, 0.25) is 0 Å². The lowest BCUT2D eigenvalue weighted by atomic mass is 10.2. The molecule has 1 aliphatic heterocycles. The van der Waals surface area contributed by atoms with Crippen molar-refractivity contribution in [3.63, 3.8) is 0 Å². The first-order chi connectivity index (χ1) is 13.2. The van der Waals surface area contributed by atoms with E-state index in [-0.39, 0.29) is 11.2 Å². The molecule has 27 heavy (non-hydrogen) atoms. The number of nitrogens with zero attached hydrogens (tertiary/aromatic N) is 4. The third-order valence-electron chi connectivity index (χ3n) is 5.03. The fourth-order valence-corrected chi connectivity index (χ4v) is 4.86.